The monoisotopic (exact) mass is 737 g/mol. The highest BCUT2D eigenvalue weighted by atomic mass is 16.5. The Hall–Kier alpha value is -2.42. The molecule has 0 spiro atoms. The second-order valence-corrected chi connectivity index (χ2v) is 14.8. The number of carboxylic acids is 1. The van der Waals surface area contributed by atoms with Crippen LogP contribution in [-0.2, 0) is 23.9 Å². The number of unbranched alkanes of at least 4 members (excludes halogenated alkanes) is 25. The van der Waals surface area contributed by atoms with Gasteiger partial charge in [-0.25, -0.2) is 4.79 Å². The van der Waals surface area contributed by atoms with Crippen molar-refractivity contribution >= 4 is 23.8 Å². The highest BCUT2D eigenvalue weighted by Gasteiger charge is 2.18. The number of aliphatic carboxylic acids is 1. The Kier molecular flexibility index (Phi) is 36.5. The van der Waals surface area contributed by atoms with Crippen LogP contribution in [0.2, 0.25) is 0 Å². The Morgan fingerprint density at radius 1 is 0.577 bits per heavy atom. The van der Waals surface area contributed by atoms with Crippen LogP contribution in [0, 0.1) is 0 Å². The number of esters is 1. The fourth-order valence-electron chi connectivity index (χ4n) is 6.40. The number of aliphatic hydroxyl groups excluding tert-OH is 1. The van der Waals surface area contributed by atoms with Crippen LogP contribution in [0.3, 0.4) is 0 Å². The number of hydrogen-bond acceptors (Lipinski definition) is 6. The maximum absolute atomic E-state index is 12.6. The van der Waals surface area contributed by atoms with E-state index in [1.165, 1.54) is 128 Å². The number of allylic oxidation sites excluding steroid dienone is 1. The van der Waals surface area contributed by atoms with Gasteiger partial charge in [0.15, 0.2) is 0 Å². The van der Waals surface area contributed by atoms with Gasteiger partial charge in [0.2, 0.25) is 11.8 Å². The van der Waals surface area contributed by atoms with E-state index in [1.54, 1.807) is 0 Å². The van der Waals surface area contributed by atoms with Crippen molar-refractivity contribution in [2.24, 2.45) is 0 Å². The summed E-state index contributed by atoms with van der Waals surface area (Å²) in [5.41, 5.74) is 0. The van der Waals surface area contributed by atoms with Crippen molar-refractivity contribution in [1.82, 2.24) is 10.6 Å². The van der Waals surface area contributed by atoms with E-state index in [4.69, 9.17) is 14.9 Å². The largest absolute Gasteiger partial charge is 0.480 e. The SMILES string of the molecule is CCC/C=C\C(CCCCCCC(=O)NCC(=O)NC(CO)C(=O)O)OC(=O)CCCCCCCCCCCCCCCCCCCCCCCC. The summed E-state index contributed by atoms with van der Waals surface area (Å²) in [6, 6.07) is -1.39. The number of nitrogens with one attached hydrogen (secondary N) is 2. The molecule has 304 valence electrons. The Balaban J connectivity index is 3.79. The lowest BCUT2D eigenvalue weighted by Crippen LogP contribution is -2.47. The Labute approximate surface area is 318 Å². The molecule has 0 fully saturated rings. The number of carboxylic acid groups (broad SMARTS) is 1. The maximum atomic E-state index is 12.6. The van der Waals surface area contributed by atoms with Crippen molar-refractivity contribution in [3.63, 3.8) is 0 Å². The average molecular weight is 737 g/mol. The van der Waals surface area contributed by atoms with Gasteiger partial charge in [0.25, 0.3) is 0 Å². The molecule has 9 heteroatoms. The zero-order valence-electron chi connectivity index (χ0n) is 33.6. The first-order chi connectivity index (χ1) is 25.3. The van der Waals surface area contributed by atoms with E-state index in [0.29, 0.717) is 12.8 Å². The molecule has 0 aromatic rings. The zero-order valence-corrected chi connectivity index (χ0v) is 33.6. The highest BCUT2D eigenvalue weighted by molar-refractivity contribution is 5.87. The standard InChI is InChI=1S/C43H80N2O7/c1-3-5-7-8-9-10-11-12-13-14-15-16-17-18-19-20-21-22-23-24-25-31-35-42(49)52-38(32-28-6-4-2)33-29-26-27-30-34-40(47)44-36-41(48)45-39(37-46)43(50)51/h28,32,38-39,46H,3-27,29-31,33-37H2,1-2H3,(H,44,47)(H,45,48)(H,50,51)/b32-28-. The number of carbonyl (C=O) groups is 4. The molecule has 0 heterocycles. The molecular formula is C43H80N2O7. The van der Waals surface area contributed by atoms with E-state index in [1.807, 2.05) is 6.08 Å². The summed E-state index contributed by atoms with van der Waals surface area (Å²) in [6.07, 6.45) is 40.3. The second kappa shape index (κ2) is 38.3. The topological polar surface area (TPSA) is 142 Å². The Morgan fingerprint density at radius 3 is 1.46 bits per heavy atom. The van der Waals surface area contributed by atoms with E-state index >= 15 is 0 Å². The molecule has 52 heavy (non-hydrogen) atoms. The Bertz CT molecular complexity index is 895. The molecular weight excluding hydrogens is 656 g/mol. The number of rotatable bonds is 39. The summed E-state index contributed by atoms with van der Waals surface area (Å²) in [6.45, 7) is 3.35. The van der Waals surface area contributed by atoms with Crippen LogP contribution in [0.4, 0.5) is 0 Å². The van der Waals surface area contributed by atoms with Gasteiger partial charge >= 0.3 is 11.9 Å². The number of hydrogen-bond donors (Lipinski definition) is 4. The molecule has 2 atom stereocenters. The minimum atomic E-state index is -1.39. The van der Waals surface area contributed by atoms with Gasteiger partial charge in [-0.1, -0.05) is 174 Å². The van der Waals surface area contributed by atoms with Crippen LogP contribution in [0.5, 0.6) is 0 Å². The summed E-state index contributed by atoms with van der Waals surface area (Å²) in [4.78, 5) is 47.2. The first-order valence-electron chi connectivity index (χ1n) is 21.6. The summed E-state index contributed by atoms with van der Waals surface area (Å²) in [5.74, 6) is -2.40. The van der Waals surface area contributed by atoms with Crippen molar-refractivity contribution in [2.75, 3.05) is 13.2 Å². The van der Waals surface area contributed by atoms with Crippen molar-refractivity contribution in [1.29, 1.82) is 0 Å². The predicted octanol–water partition coefficient (Wildman–Crippen LogP) is 10.3. The summed E-state index contributed by atoms with van der Waals surface area (Å²) < 4.78 is 5.81. The lowest BCUT2D eigenvalue weighted by Gasteiger charge is -2.15. The number of carbonyl (C=O) groups excluding carboxylic acids is 3. The number of ether oxygens (including phenoxy) is 1. The lowest BCUT2D eigenvalue weighted by atomic mass is 10.0. The molecule has 0 aromatic carbocycles. The van der Waals surface area contributed by atoms with Gasteiger partial charge in [0, 0.05) is 12.8 Å². The molecule has 0 rings (SSSR count). The molecule has 4 N–H and O–H groups in total. The average Bonchev–Trinajstić information content (AvgIpc) is 3.13. The van der Waals surface area contributed by atoms with Crippen LogP contribution < -0.4 is 10.6 Å². The van der Waals surface area contributed by atoms with E-state index in [0.717, 1.165) is 51.4 Å². The molecule has 2 amide bonds. The fraction of sp³-hybridized carbons (Fsp3) is 0.860. The van der Waals surface area contributed by atoms with Gasteiger partial charge in [-0.05, 0) is 38.2 Å². The van der Waals surface area contributed by atoms with Gasteiger partial charge < -0.3 is 25.6 Å². The number of amides is 2. The zero-order chi connectivity index (χ0) is 38.3. The lowest BCUT2D eigenvalue weighted by molar-refractivity contribution is -0.147. The molecule has 9 nitrogen and oxygen atoms in total. The van der Waals surface area contributed by atoms with Gasteiger partial charge in [-0.2, -0.15) is 0 Å². The summed E-state index contributed by atoms with van der Waals surface area (Å²) in [7, 11) is 0. The molecule has 0 aliphatic heterocycles. The maximum Gasteiger partial charge on any atom is 0.328 e. The number of aliphatic hydroxyl groups is 1. The highest BCUT2D eigenvalue weighted by Crippen LogP contribution is 2.17. The molecule has 2 unspecified atom stereocenters. The van der Waals surface area contributed by atoms with Gasteiger partial charge in [-0.15, -0.1) is 0 Å². The van der Waals surface area contributed by atoms with Crippen LogP contribution in [0.15, 0.2) is 12.2 Å². The van der Waals surface area contributed by atoms with E-state index in [9.17, 15) is 19.2 Å². The van der Waals surface area contributed by atoms with Gasteiger partial charge in [0.1, 0.15) is 12.1 Å². The quantitative estimate of drug-likeness (QED) is 0.0279. The first-order valence-corrected chi connectivity index (χ1v) is 21.6. The minimum absolute atomic E-state index is 0.117. The molecule has 0 radical (unpaired) electrons. The second-order valence-electron chi connectivity index (χ2n) is 14.8. The first kappa shape index (κ1) is 49.6. The van der Waals surface area contributed by atoms with E-state index in [-0.39, 0.29) is 30.9 Å². The van der Waals surface area contributed by atoms with Crippen LogP contribution in [-0.4, -0.2) is 59.3 Å². The van der Waals surface area contributed by atoms with Crippen molar-refractivity contribution < 1.29 is 34.1 Å². The molecule has 0 saturated carbocycles. The van der Waals surface area contributed by atoms with Crippen LogP contribution >= 0.6 is 0 Å². The molecule has 0 bridgehead atoms. The van der Waals surface area contributed by atoms with Gasteiger partial charge in [0.05, 0.1) is 13.2 Å². The van der Waals surface area contributed by atoms with E-state index in [2.05, 4.69) is 30.6 Å². The fourth-order valence-corrected chi connectivity index (χ4v) is 6.40. The smallest absolute Gasteiger partial charge is 0.328 e. The van der Waals surface area contributed by atoms with Crippen LogP contribution in [0.25, 0.3) is 0 Å². The van der Waals surface area contributed by atoms with Gasteiger partial charge in [-0.3, -0.25) is 14.4 Å². The third kappa shape index (κ3) is 34.7. The summed E-state index contributed by atoms with van der Waals surface area (Å²) >= 11 is 0. The third-order valence-electron chi connectivity index (χ3n) is 9.73. The minimum Gasteiger partial charge on any atom is -0.480 e. The van der Waals surface area contributed by atoms with Crippen molar-refractivity contribution in [3.05, 3.63) is 12.2 Å². The molecule has 0 aliphatic rings. The molecule has 0 aromatic heterocycles. The van der Waals surface area contributed by atoms with Crippen LogP contribution in [0.1, 0.15) is 213 Å². The predicted molar refractivity (Wildman–Crippen MR) is 213 cm³/mol. The molecule has 0 saturated heterocycles. The molecule has 0 aliphatic carbocycles. The van der Waals surface area contributed by atoms with Crippen molar-refractivity contribution in [3.8, 4) is 0 Å². The van der Waals surface area contributed by atoms with Crippen molar-refractivity contribution in [2.45, 2.75) is 225 Å². The van der Waals surface area contributed by atoms with E-state index < -0.39 is 24.5 Å². The Morgan fingerprint density at radius 2 is 1.02 bits per heavy atom. The normalized spacial score (nSPS) is 12.5. The summed E-state index contributed by atoms with van der Waals surface area (Å²) in [5, 5.41) is 22.4. The third-order valence-corrected chi connectivity index (χ3v) is 9.73.